The number of carbonyl (C=O) groups excluding carboxylic acids is 14. The molecule has 3 aliphatic rings. The van der Waals surface area contributed by atoms with Crippen LogP contribution in [0.2, 0.25) is 0 Å². The third kappa shape index (κ3) is 38.7. The smallest absolute Gasteiger partial charge is 0.333 e. The molecule has 2 bridgehead atoms. The average molecular weight is 1810 g/mol. The van der Waals surface area contributed by atoms with Gasteiger partial charge in [0.05, 0.1) is 61.9 Å². The summed E-state index contributed by atoms with van der Waals surface area (Å²) in [7, 11) is 0. The second-order valence-electron chi connectivity index (χ2n) is 27.3. The highest BCUT2D eigenvalue weighted by Gasteiger charge is 2.70. The van der Waals surface area contributed by atoms with Crippen molar-refractivity contribution in [3.05, 3.63) is 260 Å². The highest BCUT2D eigenvalue weighted by Crippen LogP contribution is 2.59. The summed E-state index contributed by atoms with van der Waals surface area (Å²) in [5, 5.41) is 27.5. The third-order valence-electron chi connectivity index (χ3n) is 16.2. The quantitative estimate of drug-likeness (QED) is 0.0130. The molecule has 130 heavy (non-hydrogen) atoms. The van der Waals surface area contributed by atoms with Crippen LogP contribution < -0.4 is 50.7 Å². The Kier molecular flexibility index (Phi) is 44.1. The van der Waals surface area contributed by atoms with Crippen LogP contribution in [0.15, 0.2) is 232 Å². The predicted molar refractivity (Wildman–Crippen MR) is 449 cm³/mol. The molecule has 42 nitrogen and oxygen atoms in total. The minimum Gasteiger partial charge on any atom is -0.506 e. The number of ether oxygens (including phenoxy) is 14. The molecular formula is C88H93N7O35. The number of carbonyl (C=O) groups is 14. The number of nitrogens with one attached hydrogen (secondary N) is 4. The monoisotopic (exact) mass is 1810 g/mol. The molecular weight excluding hydrogens is 1710 g/mol. The minimum atomic E-state index is -0.759. The Labute approximate surface area is 739 Å². The second kappa shape index (κ2) is 54.2. The van der Waals surface area contributed by atoms with Crippen molar-refractivity contribution in [2.75, 3.05) is 33.0 Å². The predicted octanol–water partition coefficient (Wildman–Crippen LogP) is 6.76. The van der Waals surface area contributed by atoms with Gasteiger partial charge in [0.2, 0.25) is 23.2 Å². The van der Waals surface area contributed by atoms with Gasteiger partial charge in [0.25, 0.3) is 22.6 Å². The standard InChI is InChI=1S/C18H17NO7.5C12H13NO5.C10H11NO3/c1-7(2)16(21)25-14-9-5-10-13(18(23)26-15(10)14)12(9)17(22)24-11-4-3-8(20)6-19-11;1-8(2)12(16)17-6-5-11(15)18-9-3-4-10(14)13-7-9;1-8(2)12(16)17-6-5-11(15)18-10-4-3-9(14)7-13-10;1-8(2)12(16)17-7-5-10(14)18-9-4-3-6-13-11(9)15;1-8(2)12(16)17-7-5-10(15)18-11-9(14)4-3-6-13-11;1-8(2)12(16)17-7-6-11(15)18-10-5-3-4-9(14)13-10;1-7(2)10(13)14-6-8-4-3-5-11-9(8)12/h3-4,6,9-10,12-15,20H,1,5H2,2H3;3-4,7H,1,5-6H2,2H3,(H,13,14);3-4,7,14H,1,5-6H2,2H3;3-4,6H,1,5,7H2,2H3,(H,13,15);3-4,6,14H,1,5,7H2,2H3;3-5H,1,6-7H2,2H3,(H,13,14);3-5H,1,6H2,2H3,(H,11,12). The van der Waals surface area contributed by atoms with Crippen molar-refractivity contribution in [2.45, 2.75) is 106 Å². The summed E-state index contributed by atoms with van der Waals surface area (Å²) < 4.78 is 68.7. The van der Waals surface area contributed by atoms with Crippen molar-refractivity contribution in [1.82, 2.24) is 34.9 Å². The van der Waals surface area contributed by atoms with E-state index < -0.39 is 113 Å². The Morgan fingerprint density at radius 1 is 0.431 bits per heavy atom. The van der Waals surface area contributed by atoms with Crippen LogP contribution in [0.5, 0.6) is 52.3 Å². The van der Waals surface area contributed by atoms with Crippen molar-refractivity contribution in [2.24, 2.45) is 23.7 Å². The summed E-state index contributed by atoms with van der Waals surface area (Å²) in [5.74, 6) is -10.1. The molecule has 10 rings (SSSR count). The van der Waals surface area contributed by atoms with E-state index in [-0.39, 0.29) is 186 Å². The van der Waals surface area contributed by atoms with Gasteiger partial charge in [-0.05, 0) is 116 Å². The normalized spacial score (nSPS) is 14.4. The van der Waals surface area contributed by atoms with Crippen LogP contribution in [-0.2, 0) is 112 Å². The summed E-state index contributed by atoms with van der Waals surface area (Å²) in [6.07, 6.45) is 6.75. The average Bonchev–Trinajstić information content (AvgIpc) is 1.54. The number of nitrogens with zero attached hydrogens (tertiary/aromatic N) is 3. The number of esters is 14. The number of aromatic nitrogens is 7. The van der Waals surface area contributed by atoms with Crippen molar-refractivity contribution >= 4 is 83.6 Å². The van der Waals surface area contributed by atoms with Crippen molar-refractivity contribution < 1.29 is 149 Å². The molecule has 7 aromatic rings. The lowest BCUT2D eigenvalue weighted by Crippen LogP contribution is -2.44. The van der Waals surface area contributed by atoms with E-state index in [4.69, 9.17) is 71.4 Å². The van der Waals surface area contributed by atoms with Crippen LogP contribution in [-0.4, -0.2) is 179 Å². The maximum atomic E-state index is 12.7. The summed E-state index contributed by atoms with van der Waals surface area (Å²) in [6.45, 7) is 34.1. The first-order valence-electron chi connectivity index (χ1n) is 38.4. The van der Waals surface area contributed by atoms with E-state index in [2.05, 4.69) is 80.9 Å². The maximum Gasteiger partial charge on any atom is 0.333 e. The number of fused-ring (bicyclic) bond motifs is 1. The lowest BCUT2D eigenvalue weighted by atomic mass is 9.78. The molecule has 6 unspecified atom stereocenters. The lowest BCUT2D eigenvalue weighted by molar-refractivity contribution is -0.160. The summed E-state index contributed by atoms with van der Waals surface area (Å²) in [6, 6.07) is 21.2. The van der Waals surface area contributed by atoms with Crippen molar-refractivity contribution in [3.63, 3.8) is 0 Å². The van der Waals surface area contributed by atoms with Crippen LogP contribution in [0.25, 0.3) is 0 Å². The first kappa shape index (κ1) is 106. The molecule has 8 heterocycles. The highest BCUT2D eigenvalue weighted by molar-refractivity contribution is 5.91. The summed E-state index contributed by atoms with van der Waals surface area (Å²) >= 11 is 0. The van der Waals surface area contributed by atoms with Gasteiger partial charge in [-0.15, -0.1) is 0 Å². The number of H-pyrrole nitrogens is 4. The maximum absolute atomic E-state index is 12.7. The zero-order valence-corrected chi connectivity index (χ0v) is 71.3. The summed E-state index contributed by atoms with van der Waals surface area (Å²) in [5.41, 5.74) is 0.878. The van der Waals surface area contributed by atoms with Crippen LogP contribution in [0.4, 0.5) is 0 Å². The van der Waals surface area contributed by atoms with Gasteiger partial charge in [0.15, 0.2) is 11.5 Å². The van der Waals surface area contributed by atoms with Crippen LogP contribution in [0.3, 0.4) is 0 Å². The van der Waals surface area contributed by atoms with Gasteiger partial charge in [-0.3, -0.25) is 57.7 Å². The minimum absolute atomic E-state index is 0.0222. The van der Waals surface area contributed by atoms with E-state index in [0.717, 1.165) is 12.4 Å². The van der Waals surface area contributed by atoms with Crippen LogP contribution >= 0.6 is 0 Å². The second-order valence-corrected chi connectivity index (χ2v) is 27.3. The van der Waals surface area contributed by atoms with E-state index in [1.165, 1.54) is 145 Å². The molecule has 6 atom stereocenters. The zero-order chi connectivity index (χ0) is 96.9. The van der Waals surface area contributed by atoms with Gasteiger partial charge in [0, 0.05) is 99.9 Å². The molecule has 690 valence electrons. The third-order valence-corrected chi connectivity index (χ3v) is 16.2. The molecule has 0 spiro atoms. The Balaban J connectivity index is 0.000000320. The first-order valence-corrected chi connectivity index (χ1v) is 38.4. The number of hydrogen-bond donors (Lipinski definition) is 7. The fourth-order valence-electron chi connectivity index (χ4n) is 10.1. The zero-order valence-electron chi connectivity index (χ0n) is 71.3. The number of hydrogen-bond acceptors (Lipinski definition) is 38. The van der Waals surface area contributed by atoms with E-state index in [0.29, 0.717) is 17.6 Å². The molecule has 2 saturated carbocycles. The molecule has 7 N–H and O–H groups in total. The fraction of sp³-hybridized carbons (Fsp3) is 0.284. The van der Waals surface area contributed by atoms with E-state index >= 15 is 0 Å². The number of aromatic hydroxyl groups is 3. The Hall–Kier alpha value is -16.6. The first-order chi connectivity index (χ1) is 61.4. The molecule has 0 amide bonds. The molecule has 2 aliphatic carbocycles. The Morgan fingerprint density at radius 2 is 0.885 bits per heavy atom. The Bertz CT molecular complexity index is 5550. The molecule has 3 fully saturated rings. The van der Waals surface area contributed by atoms with Gasteiger partial charge in [0.1, 0.15) is 69.1 Å². The van der Waals surface area contributed by atoms with Crippen molar-refractivity contribution in [1.29, 1.82) is 0 Å². The fourth-order valence-corrected chi connectivity index (χ4v) is 10.1. The van der Waals surface area contributed by atoms with Gasteiger partial charge in [-0.25, -0.2) is 48.5 Å². The number of pyridine rings is 7. The number of rotatable bonds is 32. The van der Waals surface area contributed by atoms with E-state index in [1.54, 1.807) is 19.1 Å². The van der Waals surface area contributed by atoms with E-state index in [1.807, 2.05) is 0 Å². The van der Waals surface area contributed by atoms with Gasteiger partial charge in [-0.2, -0.15) is 0 Å². The largest absolute Gasteiger partial charge is 0.506 e. The van der Waals surface area contributed by atoms with Gasteiger partial charge >= 0.3 is 83.6 Å². The molecule has 1 saturated heterocycles. The Morgan fingerprint density at radius 3 is 1.33 bits per heavy atom. The van der Waals surface area contributed by atoms with Gasteiger partial charge in [-0.1, -0.05) is 52.1 Å². The summed E-state index contributed by atoms with van der Waals surface area (Å²) in [4.78, 5) is 224. The molecule has 1 aliphatic heterocycles. The number of aromatic amines is 4. The lowest BCUT2D eigenvalue weighted by Gasteiger charge is -2.30. The SMILES string of the molecule is C=C(C)C(=O)OC1C2CC3C1OC(=O)C3C2C(=O)Oc1ccc(O)cn1.C=C(C)C(=O)OCCC(=O)Oc1ccc(=O)[nH]c1.C=C(C)C(=O)OCCC(=O)Oc1ccc(O)cn1.C=C(C)C(=O)OCCC(=O)Oc1ccc[nH]c1=O.C=C(C)C(=O)OCCC(=O)Oc1cccc(=O)[nH]1.C=C(C)C(=O)OCCC(=O)Oc1ncccc1O.C=C(C)C(=O)OCc1ccc[nH]c1=O. The van der Waals surface area contributed by atoms with Crippen molar-refractivity contribution in [3.8, 4) is 52.3 Å². The molecule has 42 heteroatoms. The van der Waals surface area contributed by atoms with Crippen LogP contribution in [0.1, 0.15) is 92.6 Å². The molecule has 0 radical (unpaired) electrons. The van der Waals surface area contributed by atoms with E-state index in [9.17, 15) is 96.5 Å². The van der Waals surface area contributed by atoms with Gasteiger partial charge < -0.3 is 96.6 Å². The molecule has 0 aromatic carbocycles. The topological polar surface area (TPSA) is 599 Å². The van der Waals surface area contributed by atoms with Crippen LogP contribution in [0, 0.1) is 23.7 Å². The molecule has 7 aromatic heterocycles. The highest BCUT2D eigenvalue weighted by atomic mass is 16.6.